The zero-order valence-corrected chi connectivity index (χ0v) is 10.1. The summed E-state index contributed by atoms with van der Waals surface area (Å²) in [5, 5.41) is 0. The van der Waals surface area contributed by atoms with E-state index in [0.29, 0.717) is 0 Å². The topological polar surface area (TPSA) is 180 Å². The van der Waals surface area contributed by atoms with Crippen molar-refractivity contribution in [2.45, 2.75) is 0 Å². The van der Waals surface area contributed by atoms with Crippen LogP contribution in [0, 0.1) is 0 Å². The number of rotatable bonds is 0. The molecule has 0 unspecified atom stereocenters. The fraction of sp³-hybridized carbons (Fsp3) is 0. The van der Waals surface area contributed by atoms with Crippen molar-refractivity contribution < 1.29 is 93.4 Å². The molecule has 0 aliphatic rings. The van der Waals surface area contributed by atoms with Gasteiger partial charge in [0.15, 0.2) is 0 Å². The maximum atomic E-state index is 0. The van der Waals surface area contributed by atoms with Crippen molar-refractivity contribution in [3.05, 3.63) is 0 Å². The first-order chi connectivity index (χ1) is 0. The average molecular weight is 332 g/mol. The van der Waals surface area contributed by atoms with Crippen LogP contribution in [0.25, 0.3) is 0 Å². The first-order valence-electron chi connectivity index (χ1n) is 0. The van der Waals surface area contributed by atoms with Crippen molar-refractivity contribution in [3.63, 3.8) is 0 Å². The molecule has 0 aromatic carbocycles. The van der Waals surface area contributed by atoms with E-state index in [-0.39, 0.29) is 93.4 Å². The van der Waals surface area contributed by atoms with Gasteiger partial charge in [-0.2, -0.15) is 0 Å². The number of hydrogen-bond donors (Lipinski definition) is 0. The van der Waals surface area contributed by atoms with Gasteiger partial charge in [0.2, 0.25) is 0 Å². The Morgan fingerprint density at radius 2 is 0.444 bits per heavy atom. The summed E-state index contributed by atoms with van der Waals surface area (Å²) >= 11 is 0. The minimum atomic E-state index is 0. The first-order valence-corrected chi connectivity index (χ1v) is 0. The molecule has 0 amide bonds. The predicted molar refractivity (Wildman–Crippen MR) is 11.6 cm³/mol. The van der Waals surface area contributed by atoms with Gasteiger partial charge in [-0.15, -0.1) is 0 Å². The molecule has 63 valence electrons. The molecule has 0 aliphatic carbocycles. The van der Waals surface area contributed by atoms with Gasteiger partial charge in [0.05, 0.1) is 0 Å². The van der Waals surface area contributed by atoms with Crippen LogP contribution >= 0.6 is 0 Å². The third-order valence-electron chi connectivity index (χ3n) is 0. The monoisotopic (exact) mass is 333 g/mol. The van der Waals surface area contributed by atoms with Crippen molar-refractivity contribution in [2.24, 2.45) is 0 Å². The molecule has 0 bridgehead atoms. The third-order valence-corrected chi connectivity index (χ3v) is 0. The van der Waals surface area contributed by atoms with Crippen molar-refractivity contribution >= 4 is 0 Å². The molecule has 9 heteroatoms. The van der Waals surface area contributed by atoms with Gasteiger partial charge >= 0.3 is 60.6 Å². The Morgan fingerprint density at radius 3 is 0.444 bits per heavy atom. The molecule has 0 rings (SSSR count). The van der Waals surface area contributed by atoms with Gasteiger partial charge in [-0.05, 0) is 0 Å². The second-order valence-electron chi connectivity index (χ2n) is 0. The Kier molecular flexibility index (Phi) is 10100. The smallest absolute Gasteiger partial charge is 0.870 e. The van der Waals surface area contributed by atoms with Gasteiger partial charge in [0, 0.05) is 0 Å². The molecule has 0 saturated carbocycles. The zero-order valence-electron chi connectivity index (χ0n) is 4.04. The van der Waals surface area contributed by atoms with Gasteiger partial charge in [0.25, 0.3) is 0 Å². The first kappa shape index (κ1) is 354. The van der Waals surface area contributed by atoms with E-state index in [1.54, 1.807) is 0 Å². The van der Waals surface area contributed by atoms with Gasteiger partial charge in [-0.1, -0.05) is 0 Å². The molecular formula is H6CdCoNiO6. The van der Waals surface area contributed by atoms with E-state index in [1.807, 2.05) is 0 Å². The molecule has 0 spiro atoms. The Hall–Kier alpha value is 1.68. The molecule has 0 aromatic heterocycles. The van der Waals surface area contributed by atoms with Crippen LogP contribution in [0.3, 0.4) is 0 Å². The van der Waals surface area contributed by atoms with Gasteiger partial charge in [-0.25, -0.2) is 0 Å². The molecular weight excluding hydrogens is 326 g/mol. The van der Waals surface area contributed by atoms with Crippen LogP contribution in [0.2, 0.25) is 0 Å². The summed E-state index contributed by atoms with van der Waals surface area (Å²) in [5.41, 5.74) is 0. The van der Waals surface area contributed by atoms with Crippen molar-refractivity contribution in [3.8, 4) is 0 Å². The summed E-state index contributed by atoms with van der Waals surface area (Å²) in [6.07, 6.45) is 0. The van der Waals surface area contributed by atoms with Crippen molar-refractivity contribution in [1.82, 2.24) is 0 Å². The quantitative estimate of drug-likeness (QED) is 0.509. The normalized spacial score (nSPS) is 0. The summed E-state index contributed by atoms with van der Waals surface area (Å²) in [4.78, 5) is 0. The van der Waals surface area contributed by atoms with E-state index < -0.39 is 0 Å². The van der Waals surface area contributed by atoms with E-state index in [1.165, 1.54) is 0 Å². The fourth-order valence-corrected chi connectivity index (χ4v) is 0. The van der Waals surface area contributed by atoms with Crippen LogP contribution in [0.1, 0.15) is 0 Å². The molecule has 0 aliphatic heterocycles. The molecule has 0 atom stereocenters. The molecule has 9 heavy (non-hydrogen) atoms. The molecule has 0 heterocycles. The zero-order chi connectivity index (χ0) is 0. The van der Waals surface area contributed by atoms with Gasteiger partial charge in [-0.3, -0.25) is 0 Å². The van der Waals surface area contributed by atoms with Crippen LogP contribution in [-0.4, -0.2) is 32.9 Å². The molecule has 1 radical (unpaired) electrons. The molecule has 6 nitrogen and oxygen atoms in total. The summed E-state index contributed by atoms with van der Waals surface area (Å²) in [5.74, 6) is 0. The standard InChI is InChI=1S/Cd.Co.Ni.6H2O/h;;;6*1H2/q3*+2;;;;;;/p-6. The van der Waals surface area contributed by atoms with Crippen LogP contribution < -0.4 is 0 Å². The Morgan fingerprint density at radius 1 is 0.444 bits per heavy atom. The van der Waals surface area contributed by atoms with Crippen LogP contribution in [-0.2, 0) is 60.6 Å². The summed E-state index contributed by atoms with van der Waals surface area (Å²) in [7, 11) is 0. The maximum Gasteiger partial charge on any atom is 2.00 e. The van der Waals surface area contributed by atoms with E-state index in [0.717, 1.165) is 0 Å². The second kappa shape index (κ2) is 258. The fourth-order valence-electron chi connectivity index (χ4n) is 0. The minimum Gasteiger partial charge on any atom is -0.870 e. The SMILES string of the molecule is [Cd+2].[Co+2].[Ni+2].[OH-].[OH-].[OH-].[OH-].[OH-].[OH-]. The van der Waals surface area contributed by atoms with Gasteiger partial charge in [0.1, 0.15) is 0 Å². The van der Waals surface area contributed by atoms with E-state index >= 15 is 0 Å². The predicted octanol–water partition coefficient (Wildman–Crippen LogP) is -1.07. The summed E-state index contributed by atoms with van der Waals surface area (Å²) in [6.45, 7) is 0. The second-order valence-corrected chi connectivity index (χ2v) is 0. The Bertz CT molecular complexity index is 13.0. The van der Waals surface area contributed by atoms with E-state index in [2.05, 4.69) is 0 Å². The molecule has 0 saturated heterocycles. The minimum absolute atomic E-state index is 0. The van der Waals surface area contributed by atoms with Gasteiger partial charge < -0.3 is 32.9 Å². The van der Waals surface area contributed by atoms with Crippen LogP contribution in [0.15, 0.2) is 0 Å². The molecule has 6 N–H and O–H groups in total. The van der Waals surface area contributed by atoms with E-state index in [9.17, 15) is 0 Å². The largest absolute Gasteiger partial charge is 2.00 e. The van der Waals surface area contributed by atoms with Crippen LogP contribution in [0.4, 0.5) is 0 Å². The Labute approximate surface area is 92.9 Å². The molecule has 0 fully saturated rings. The van der Waals surface area contributed by atoms with Crippen molar-refractivity contribution in [2.75, 3.05) is 0 Å². The maximum absolute atomic E-state index is 0. The summed E-state index contributed by atoms with van der Waals surface area (Å²) in [6, 6.07) is 0. The van der Waals surface area contributed by atoms with E-state index in [4.69, 9.17) is 0 Å². The molecule has 0 aromatic rings. The average Bonchev–Trinajstić information content (AvgIpc) is 0. The van der Waals surface area contributed by atoms with Crippen LogP contribution in [0.5, 0.6) is 0 Å². The Balaban J connectivity index is 0. The van der Waals surface area contributed by atoms with Crippen molar-refractivity contribution in [1.29, 1.82) is 0 Å². The number of hydrogen-bond acceptors (Lipinski definition) is 6. The third kappa shape index (κ3) is 202. The summed E-state index contributed by atoms with van der Waals surface area (Å²) < 4.78 is 0.